The van der Waals surface area contributed by atoms with Gasteiger partial charge in [0.25, 0.3) is 0 Å². The molecule has 1 aromatic rings. The zero-order valence-corrected chi connectivity index (χ0v) is 10.9. The van der Waals surface area contributed by atoms with Crippen LogP contribution < -0.4 is 10.5 Å². The molecule has 2 nitrogen and oxygen atoms in total. The standard InChI is InChI=1S/C14H22FNO/c1-4-11(5-2)9-17-14-7-6-12(15)8-13(14)10(3)16/h6-8,10-11H,4-5,9,16H2,1-3H3/t10-/m1/s1. The van der Waals surface area contributed by atoms with Gasteiger partial charge >= 0.3 is 0 Å². The summed E-state index contributed by atoms with van der Waals surface area (Å²) in [5.41, 5.74) is 6.54. The summed E-state index contributed by atoms with van der Waals surface area (Å²) in [6.45, 7) is 6.79. The fraction of sp³-hybridized carbons (Fsp3) is 0.571. The van der Waals surface area contributed by atoms with Crippen molar-refractivity contribution in [1.29, 1.82) is 0 Å². The van der Waals surface area contributed by atoms with Crippen molar-refractivity contribution in [3.05, 3.63) is 29.6 Å². The molecule has 0 fully saturated rings. The Morgan fingerprint density at radius 3 is 2.47 bits per heavy atom. The maximum Gasteiger partial charge on any atom is 0.124 e. The van der Waals surface area contributed by atoms with E-state index >= 15 is 0 Å². The molecule has 0 heterocycles. The van der Waals surface area contributed by atoms with Crippen LogP contribution in [0.4, 0.5) is 4.39 Å². The molecule has 0 amide bonds. The van der Waals surface area contributed by atoms with Gasteiger partial charge in [-0.2, -0.15) is 0 Å². The number of benzene rings is 1. The summed E-state index contributed by atoms with van der Waals surface area (Å²) in [6, 6.07) is 4.31. The van der Waals surface area contributed by atoms with Gasteiger partial charge in [0.15, 0.2) is 0 Å². The predicted molar refractivity (Wildman–Crippen MR) is 68.6 cm³/mol. The number of ether oxygens (including phenoxy) is 1. The SMILES string of the molecule is CCC(CC)COc1ccc(F)cc1[C@@H](C)N. The van der Waals surface area contributed by atoms with Crippen LogP contribution in [-0.2, 0) is 0 Å². The predicted octanol–water partition coefficient (Wildman–Crippen LogP) is 3.66. The summed E-state index contributed by atoms with van der Waals surface area (Å²) in [5, 5.41) is 0. The third-order valence-electron chi connectivity index (χ3n) is 3.09. The van der Waals surface area contributed by atoms with Gasteiger partial charge in [0.2, 0.25) is 0 Å². The van der Waals surface area contributed by atoms with Crippen molar-refractivity contribution < 1.29 is 9.13 Å². The van der Waals surface area contributed by atoms with Crippen LogP contribution in [0.5, 0.6) is 5.75 Å². The molecule has 0 unspecified atom stereocenters. The summed E-state index contributed by atoms with van der Waals surface area (Å²) in [4.78, 5) is 0. The maximum atomic E-state index is 13.1. The van der Waals surface area contributed by atoms with Crippen molar-refractivity contribution in [3.63, 3.8) is 0 Å². The Morgan fingerprint density at radius 1 is 1.29 bits per heavy atom. The van der Waals surface area contributed by atoms with E-state index in [1.165, 1.54) is 12.1 Å². The summed E-state index contributed by atoms with van der Waals surface area (Å²) in [7, 11) is 0. The molecule has 96 valence electrons. The first-order chi connectivity index (χ1) is 8.08. The largest absolute Gasteiger partial charge is 0.493 e. The van der Waals surface area contributed by atoms with E-state index < -0.39 is 0 Å². The monoisotopic (exact) mass is 239 g/mol. The van der Waals surface area contributed by atoms with Crippen LogP contribution in [0.15, 0.2) is 18.2 Å². The van der Waals surface area contributed by atoms with Gasteiger partial charge in [-0.05, 0) is 31.0 Å². The highest BCUT2D eigenvalue weighted by Gasteiger charge is 2.11. The van der Waals surface area contributed by atoms with Crippen LogP contribution >= 0.6 is 0 Å². The maximum absolute atomic E-state index is 13.1. The van der Waals surface area contributed by atoms with Crippen LogP contribution in [0.2, 0.25) is 0 Å². The minimum Gasteiger partial charge on any atom is -0.493 e. The normalized spacial score (nSPS) is 12.8. The molecule has 0 spiro atoms. The number of hydrogen-bond acceptors (Lipinski definition) is 2. The summed E-state index contributed by atoms with van der Waals surface area (Å²) < 4.78 is 18.9. The van der Waals surface area contributed by atoms with E-state index in [-0.39, 0.29) is 11.9 Å². The lowest BCUT2D eigenvalue weighted by Gasteiger charge is -2.17. The lowest BCUT2D eigenvalue weighted by Crippen LogP contribution is -2.13. The smallest absolute Gasteiger partial charge is 0.124 e. The Labute approximate surface area is 103 Å². The van der Waals surface area contributed by atoms with E-state index in [1.54, 1.807) is 6.07 Å². The number of halogens is 1. The second-order valence-electron chi connectivity index (χ2n) is 4.46. The molecule has 0 aliphatic heterocycles. The zero-order valence-electron chi connectivity index (χ0n) is 10.9. The van der Waals surface area contributed by atoms with Crippen molar-refractivity contribution in [3.8, 4) is 5.75 Å². The first-order valence-corrected chi connectivity index (χ1v) is 6.26. The summed E-state index contributed by atoms with van der Waals surface area (Å²) in [5.74, 6) is 0.974. The third-order valence-corrected chi connectivity index (χ3v) is 3.09. The van der Waals surface area contributed by atoms with E-state index in [0.29, 0.717) is 18.3 Å². The van der Waals surface area contributed by atoms with Crippen molar-refractivity contribution >= 4 is 0 Å². The van der Waals surface area contributed by atoms with Gasteiger partial charge in [0, 0.05) is 11.6 Å². The topological polar surface area (TPSA) is 35.2 Å². The zero-order chi connectivity index (χ0) is 12.8. The molecule has 1 aromatic carbocycles. The lowest BCUT2D eigenvalue weighted by atomic mass is 10.0. The average Bonchev–Trinajstić information content (AvgIpc) is 2.31. The molecular weight excluding hydrogens is 217 g/mol. The molecule has 1 rings (SSSR count). The van der Waals surface area contributed by atoms with Crippen molar-refractivity contribution in [2.45, 2.75) is 39.7 Å². The van der Waals surface area contributed by atoms with Gasteiger partial charge < -0.3 is 10.5 Å². The van der Waals surface area contributed by atoms with Gasteiger partial charge in [-0.3, -0.25) is 0 Å². The molecular formula is C14H22FNO. The van der Waals surface area contributed by atoms with Crippen LogP contribution in [0.1, 0.15) is 45.2 Å². The summed E-state index contributed by atoms with van der Waals surface area (Å²) >= 11 is 0. The van der Waals surface area contributed by atoms with E-state index in [0.717, 1.165) is 18.4 Å². The Kier molecular flexibility index (Phi) is 5.42. The second kappa shape index (κ2) is 6.60. The van der Waals surface area contributed by atoms with Gasteiger partial charge in [0.05, 0.1) is 6.61 Å². The van der Waals surface area contributed by atoms with E-state index in [1.807, 2.05) is 6.92 Å². The van der Waals surface area contributed by atoms with Crippen molar-refractivity contribution in [1.82, 2.24) is 0 Å². The molecule has 0 bridgehead atoms. The molecule has 0 saturated carbocycles. The van der Waals surface area contributed by atoms with E-state index in [9.17, 15) is 4.39 Å². The fourth-order valence-corrected chi connectivity index (χ4v) is 1.74. The second-order valence-corrected chi connectivity index (χ2v) is 4.46. The number of hydrogen-bond donors (Lipinski definition) is 1. The molecule has 0 aliphatic carbocycles. The minimum absolute atomic E-state index is 0.220. The lowest BCUT2D eigenvalue weighted by molar-refractivity contribution is 0.237. The molecule has 3 heteroatoms. The number of rotatable bonds is 6. The fourth-order valence-electron chi connectivity index (χ4n) is 1.74. The van der Waals surface area contributed by atoms with Crippen molar-refractivity contribution in [2.24, 2.45) is 11.7 Å². The van der Waals surface area contributed by atoms with Gasteiger partial charge in [-0.25, -0.2) is 4.39 Å². The van der Waals surface area contributed by atoms with Gasteiger partial charge in [-0.1, -0.05) is 26.7 Å². The Hall–Kier alpha value is -1.09. The third kappa shape index (κ3) is 4.00. The minimum atomic E-state index is -0.271. The first kappa shape index (κ1) is 14.0. The van der Waals surface area contributed by atoms with Crippen LogP contribution in [0, 0.1) is 11.7 Å². The highest BCUT2D eigenvalue weighted by atomic mass is 19.1. The Morgan fingerprint density at radius 2 is 1.94 bits per heavy atom. The quantitative estimate of drug-likeness (QED) is 0.822. The first-order valence-electron chi connectivity index (χ1n) is 6.26. The van der Waals surface area contributed by atoms with Gasteiger partial charge in [0.1, 0.15) is 11.6 Å². The molecule has 0 aliphatic rings. The number of nitrogens with two attached hydrogens (primary N) is 1. The van der Waals surface area contributed by atoms with Crippen LogP contribution in [0.25, 0.3) is 0 Å². The van der Waals surface area contributed by atoms with E-state index in [4.69, 9.17) is 10.5 Å². The molecule has 0 aromatic heterocycles. The Balaban J connectivity index is 2.76. The Bertz CT molecular complexity index is 348. The highest BCUT2D eigenvalue weighted by molar-refractivity contribution is 5.36. The molecule has 17 heavy (non-hydrogen) atoms. The van der Waals surface area contributed by atoms with Crippen LogP contribution in [-0.4, -0.2) is 6.61 Å². The molecule has 0 radical (unpaired) electrons. The van der Waals surface area contributed by atoms with Crippen molar-refractivity contribution in [2.75, 3.05) is 6.61 Å². The average molecular weight is 239 g/mol. The molecule has 1 atom stereocenters. The molecule has 0 saturated heterocycles. The molecule has 2 N–H and O–H groups in total. The van der Waals surface area contributed by atoms with Gasteiger partial charge in [-0.15, -0.1) is 0 Å². The van der Waals surface area contributed by atoms with Crippen LogP contribution in [0.3, 0.4) is 0 Å². The van der Waals surface area contributed by atoms with E-state index in [2.05, 4.69) is 13.8 Å². The summed E-state index contributed by atoms with van der Waals surface area (Å²) in [6.07, 6.45) is 2.18. The highest BCUT2D eigenvalue weighted by Crippen LogP contribution is 2.25.